The van der Waals surface area contributed by atoms with E-state index in [0.717, 1.165) is 67.7 Å². The Morgan fingerprint density at radius 2 is 1.97 bits per heavy atom. The molecule has 4 fully saturated rings. The molecule has 1 aromatic rings. The Kier molecular flexibility index (Phi) is 5.94. The van der Waals surface area contributed by atoms with Gasteiger partial charge in [-0.25, -0.2) is 0 Å². The fourth-order valence-corrected chi connectivity index (χ4v) is 9.57. The zero-order chi connectivity index (χ0) is 22.5. The lowest BCUT2D eigenvalue weighted by Crippen LogP contribution is -2.51. The van der Waals surface area contributed by atoms with Gasteiger partial charge in [-0.05, 0) is 111 Å². The second-order valence-corrected chi connectivity index (χ2v) is 12.4. The summed E-state index contributed by atoms with van der Waals surface area (Å²) in [6.45, 7) is 8.20. The molecule has 0 bridgehead atoms. The molecule has 4 saturated carbocycles. The summed E-state index contributed by atoms with van der Waals surface area (Å²) >= 11 is 0. The molecule has 0 amide bonds. The molecule has 1 heterocycles. The molecule has 1 unspecified atom stereocenters. The van der Waals surface area contributed by atoms with Crippen molar-refractivity contribution in [1.29, 1.82) is 5.26 Å². The molecule has 0 aliphatic heterocycles. The quantitative estimate of drug-likeness (QED) is 0.597. The van der Waals surface area contributed by atoms with Gasteiger partial charge in [0.25, 0.3) is 0 Å². The van der Waals surface area contributed by atoms with Crippen LogP contribution >= 0.6 is 0 Å². The Morgan fingerprint density at radius 3 is 2.72 bits per heavy atom. The second-order valence-electron chi connectivity index (χ2n) is 12.4. The van der Waals surface area contributed by atoms with E-state index in [-0.39, 0.29) is 5.60 Å². The second kappa shape index (κ2) is 8.46. The first-order chi connectivity index (χ1) is 15.4. The van der Waals surface area contributed by atoms with Crippen LogP contribution in [0.15, 0.2) is 12.4 Å². The van der Waals surface area contributed by atoms with Gasteiger partial charge in [0, 0.05) is 12.7 Å². The number of nitriles is 1. The summed E-state index contributed by atoms with van der Waals surface area (Å²) in [6.07, 6.45) is 17.4. The SMILES string of the molecule is CCC[C@@]1(O)CC[C@H]2[C@@H](CC[C@@H]3[C@@H]2CC[C@]2(C)[C@@H](C(C)Cn4cc(C#N)cn4)CC[C@@H]32)C1. The maximum atomic E-state index is 11.1. The van der Waals surface area contributed by atoms with E-state index in [1.54, 1.807) is 6.20 Å². The molecule has 5 rings (SSSR count). The number of nitrogens with zero attached hydrogens (tertiary/aromatic N) is 3. The normalized spacial score (nSPS) is 44.2. The van der Waals surface area contributed by atoms with E-state index in [2.05, 4.69) is 31.9 Å². The maximum Gasteiger partial charge on any atom is 0.102 e. The number of aliphatic hydroxyl groups is 1. The van der Waals surface area contributed by atoms with E-state index in [0.29, 0.717) is 16.9 Å². The molecule has 0 radical (unpaired) electrons. The van der Waals surface area contributed by atoms with Crippen molar-refractivity contribution in [2.75, 3.05) is 0 Å². The summed E-state index contributed by atoms with van der Waals surface area (Å²) < 4.78 is 2.00. The molecule has 4 aliphatic carbocycles. The molecule has 0 aromatic carbocycles. The Morgan fingerprint density at radius 1 is 1.16 bits per heavy atom. The first-order valence-electron chi connectivity index (χ1n) is 13.5. The van der Waals surface area contributed by atoms with Crippen molar-refractivity contribution in [3.8, 4) is 6.07 Å². The zero-order valence-corrected chi connectivity index (χ0v) is 20.5. The smallest absolute Gasteiger partial charge is 0.102 e. The summed E-state index contributed by atoms with van der Waals surface area (Å²) in [4.78, 5) is 0. The fourth-order valence-electron chi connectivity index (χ4n) is 9.57. The maximum absolute atomic E-state index is 11.1. The van der Waals surface area contributed by atoms with Gasteiger partial charge >= 0.3 is 0 Å². The van der Waals surface area contributed by atoms with Crippen LogP contribution in [0.25, 0.3) is 0 Å². The molecule has 32 heavy (non-hydrogen) atoms. The number of hydrogen-bond acceptors (Lipinski definition) is 3. The average molecular weight is 438 g/mol. The van der Waals surface area contributed by atoms with Crippen molar-refractivity contribution >= 4 is 0 Å². The fraction of sp³-hybridized carbons (Fsp3) is 0.857. The van der Waals surface area contributed by atoms with Crippen LogP contribution in [-0.4, -0.2) is 20.5 Å². The summed E-state index contributed by atoms with van der Waals surface area (Å²) in [5, 5.41) is 24.7. The molecule has 0 spiro atoms. The molecule has 4 heteroatoms. The summed E-state index contributed by atoms with van der Waals surface area (Å²) in [5.74, 6) is 5.73. The van der Waals surface area contributed by atoms with Crippen LogP contribution in [0.5, 0.6) is 0 Å². The molecule has 1 N–H and O–H groups in total. The van der Waals surface area contributed by atoms with Gasteiger partial charge < -0.3 is 5.11 Å². The predicted molar refractivity (Wildman–Crippen MR) is 127 cm³/mol. The van der Waals surface area contributed by atoms with Crippen molar-refractivity contribution in [3.05, 3.63) is 18.0 Å². The lowest BCUT2D eigenvalue weighted by Gasteiger charge is -2.57. The summed E-state index contributed by atoms with van der Waals surface area (Å²) in [5.41, 5.74) is 0.775. The van der Waals surface area contributed by atoms with Gasteiger partial charge in [-0.3, -0.25) is 4.68 Å². The van der Waals surface area contributed by atoms with Gasteiger partial charge in [-0.1, -0.05) is 27.2 Å². The minimum absolute atomic E-state index is 0.363. The third kappa shape index (κ3) is 3.73. The van der Waals surface area contributed by atoms with Crippen LogP contribution in [-0.2, 0) is 6.54 Å². The molecular formula is C28H43N3O. The Bertz CT molecular complexity index is 857. The molecule has 1 aromatic heterocycles. The van der Waals surface area contributed by atoms with Crippen molar-refractivity contribution in [2.24, 2.45) is 46.8 Å². The van der Waals surface area contributed by atoms with E-state index in [9.17, 15) is 5.11 Å². The average Bonchev–Trinajstić information content (AvgIpc) is 3.36. The van der Waals surface area contributed by atoms with Gasteiger partial charge in [0.1, 0.15) is 6.07 Å². The van der Waals surface area contributed by atoms with Crippen molar-refractivity contribution in [2.45, 2.75) is 104 Å². The van der Waals surface area contributed by atoms with Gasteiger partial charge in [0.05, 0.1) is 17.4 Å². The van der Waals surface area contributed by atoms with Gasteiger partial charge in [-0.15, -0.1) is 0 Å². The van der Waals surface area contributed by atoms with Crippen molar-refractivity contribution in [1.82, 2.24) is 9.78 Å². The Hall–Kier alpha value is -1.34. The predicted octanol–water partition coefficient (Wildman–Crippen LogP) is 6.19. The molecular weight excluding hydrogens is 394 g/mol. The van der Waals surface area contributed by atoms with E-state index in [1.165, 1.54) is 44.9 Å². The van der Waals surface area contributed by atoms with Crippen LogP contribution in [0, 0.1) is 58.2 Å². The highest BCUT2D eigenvalue weighted by Crippen LogP contribution is 2.65. The van der Waals surface area contributed by atoms with Gasteiger partial charge in [0.15, 0.2) is 0 Å². The van der Waals surface area contributed by atoms with Crippen LogP contribution in [0.2, 0.25) is 0 Å². The molecule has 4 aliphatic rings. The van der Waals surface area contributed by atoms with E-state index >= 15 is 0 Å². The zero-order valence-electron chi connectivity index (χ0n) is 20.5. The van der Waals surface area contributed by atoms with Crippen molar-refractivity contribution in [3.63, 3.8) is 0 Å². The molecule has 0 saturated heterocycles. The summed E-state index contributed by atoms with van der Waals surface area (Å²) in [6, 6.07) is 2.21. The Balaban J connectivity index is 1.27. The highest BCUT2D eigenvalue weighted by Gasteiger charge is 2.58. The molecule has 4 nitrogen and oxygen atoms in total. The van der Waals surface area contributed by atoms with Crippen LogP contribution in [0.1, 0.15) is 97.0 Å². The monoisotopic (exact) mass is 437 g/mol. The van der Waals surface area contributed by atoms with E-state index in [4.69, 9.17) is 5.26 Å². The summed E-state index contributed by atoms with van der Waals surface area (Å²) in [7, 11) is 0. The topological polar surface area (TPSA) is 61.8 Å². The van der Waals surface area contributed by atoms with Crippen molar-refractivity contribution < 1.29 is 5.11 Å². The number of rotatable bonds is 5. The lowest BCUT2D eigenvalue weighted by molar-refractivity contribution is -0.110. The lowest BCUT2D eigenvalue weighted by atomic mass is 9.48. The van der Waals surface area contributed by atoms with E-state index < -0.39 is 0 Å². The van der Waals surface area contributed by atoms with E-state index in [1.807, 2.05) is 10.9 Å². The first-order valence-corrected chi connectivity index (χ1v) is 13.5. The molecule has 176 valence electrons. The highest BCUT2D eigenvalue weighted by atomic mass is 16.3. The molecule has 9 atom stereocenters. The van der Waals surface area contributed by atoms with Crippen LogP contribution < -0.4 is 0 Å². The van der Waals surface area contributed by atoms with Gasteiger partial charge in [-0.2, -0.15) is 10.4 Å². The number of aromatic nitrogens is 2. The van der Waals surface area contributed by atoms with Gasteiger partial charge in [0.2, 0.25) is 0 Å². The number of hydrogen-bond donors (Lipinski definition) is 1. The standard InChI is InChI=1S/C28H43N3O/c1-4-11-28(32)13-10-22-21(14-28)5-6-24-23(22)9-12-27(3)25(7-8-26(24)27)19(2)17-31-18-20(15-29)16-30-31/h16,18-19,21-26,32H,4-14,17H2,1-3H3/t19?,21-,22-,23+,24+,25+,26-,27+,28+/m0/s1. The number of fused-ring (bicyclic) bond motifs is 5. The third-order valence-electron chi connectivity index (χ3n) is 10.8. The Labute approximate surface area is 194 Å². The largest absolute Gasteiger partial charge is 0.390 e. The highest BCUT2D eigenvalue weighted by molar-refractivity contribution is 5.21. The minimum atomic E-state index is -0.363. The first kappa shape index (κ1) is 22.5. The third-order valence-corrected chi connectivity index (χ3v) is 10.8. The van der Waals surface area contributed by atoms with Crippen LogP contribution in [0.4, 0.5) is 0 Å². The van der Waals surface area contributed by atoms with Crippen LogP contribution in [0.3, 0.4) is 0 Å². The minimum Gasteiger partial charge on any atom is -0.390 e.